The van der Waals surface area contributed by atoms with Gasteiger partial charge in [0, 0.05) is 13.0 Å². The average Bonchev–Trinajstić information content (AvgIpc) is 2.06. The number of amides is 1. The second kappa shape index (κ2) is 5.35. The minimum absolute atomic E-state index is 0.0817. The summed E-state index contributed by atoms with van der Waals surface area (Å²) in [5.74, 6) is 0.0817. The maximum absolute atomic E-state index is 10.8. The van der Waals surface area contributed by atoms with Crippen molar-refractivity contribution in [1.82, 2.24) is 5.32 Å². The number of nitrogens with one attached hydrogen (secondary N) is 1. The summed E-state index contributed by atoms with van der Waals surface area (Å²) < 4.78 is 5.73. The summed E-state index contributed by atoms with van der Waals surface area (Å²) >= 11 is 0. The Kier molecular flexibility index (Phi) is 4.39. The Labute approximate surface area is 86.2 Å². The SMILES string of the molecule is CC(=O)NC1CCC(OC(C)C)CC1. The Balaban J connectivity index is 2.21. The highest BCUT2D eigenvalue weighted by Gasteiger charge is 2.22. The molecule has 3 nitrogen and oxygen atoms in total. The summed E-state index contributed by atoms with van der Waals surface area (Å²) in [6.07, 6.45) is 4.97. The van der Waals surface area contributed by atoms with E-state index in [1.54, 1.807) is 6.92 Å². The first-order valence-corrected chi connectivity index (χ1v) is 5.50. The third kappa shape index (κ3) is 4.09. The number of rotatable bonds is 3. The minimum atomic E-state index is 0.0817. The van der Waals surface area contributed by atoms with Crippen LogP contribution in [0.1, 0.15) is 46.5 Å². The highest BCUT2D eigenvalue weighted by molar-refractivity contribution is 5.73. The minimum Gasteiger partial charge on any atom is -0.376 e. The van der Waals surface area contributed by atoms with E-state index in [4.69, 9.17) is 4.74 Å². The van der Waals surface area contributed by atoms with Crippen molar-refractivity contribution in [2.45, 2.75) is 64.7 Å². The van der Waals surface area contributed by atoms with E-state index in [-0.39, 0.29) is 5.91 Å². The predicted octanol–water partition coefficient (Wildman–Crippen LogP) is 1.86. The van der Waals surface area contributed by atoms with Crippen molar-refractivity contribution in [2.24, 2.45) is 0 Å². The molecule has 1 fully saturated rings. The number of ether oxygens (including phenoxy) is 1. The Morgan fingerprint density at radius 3 is 2.29 bits per heavy atom. The molecule has 3 heteroatoms. The molecule has 0 radical (unpaired) electrons. The van der Waals surface area contributed by atoms with Crippen LogP contribution < -0.4 is 5.32 Å². The van der Waals surface area contributed by atoms with E-state index in [0.717, 1.165) is 25.7 Å². The van der Waals surface area contributed by atoms with Gasteiger partial charge in [0.25, 0.3) is 0 Å². The third-order valence-electron chi connectivity index (χ3n) is 2.55. The van der Waals surface area contributed by atoms with Crippen molar-refractivity contribution in [3.63, 3.8) is 0 Å². The number of carbonyl (C=O) groups excluding carboxylic acids is 1. The zero-order chi connectivity index (χ0) is 10.6. The van der Waals surface area contributed by atoms with Crippen molar-refractivity contribution in [3.05, 3.63) is 0 Å². The summed E-state index contributed by atoms with van der Waals surface area (Å²) in [5.41, 5.74) is 0. The lowest BCUT2D eigenvalue weighted by Crippen LogP contribution is -2.38. The molecule has 1 aliphatic rings. The molecule has 82 valence electrons. The van der Waals surface area contributed by atoms with Gasteiger partial charge >= 0.3 is 0 Å². The van der Waals surface area contributed by atoms with Crippen molar-refractivity contribution in [3.8, 4) is 0 Å². The van der Waals surface area contributed by atoms with Crippen molar-refractivity contribution in [2.75, 3.05) is 0 Å². The van der Waals surface area contributed by atoms with Crippen LogP contribution in [0.3, 0.4) is 0 Å². The van der Waals surface area contributed by atoms with Gasteiger partial charge < -0.3 is 10.1 Å². The van der Waals surface area contributed by atoms with Gasteiger partial charge in [-0.25, -0.2) is 0 Å². The first-order chi connectivity index (χ1) is 6.58. The predicted molar refractivity (Wildman–Crippen MR) is 56.1 cm³/mol. The standard InChI is InChI=1S/C11H21NO2/c1-8(2)14-11-6-4-10(5-7-11)12-9(3)13/h8,10-11H,4-7H2,1-3H3,(H,12,13). The topological polar surface area (TPSA) is 38.3 Å². The van der Waals surface area contributed by atoms with Gasteiger partial charge in [-0.05, 0) is 39.5 Å². The zero-order valence-corrected chi connectivity index (χ0v) is 9.38. The Morgan fingerprint density at radius 1 is 1.29 bits per heavy atom. The largest absolute Gasteiger partial charge is 0.376 e. The van der Waals surface area contributed by atoms with Crippen LogP contribution in [0.5, 0.6) is 0 Å². The molecule has 0 aromatic heterocycles. The van der Waals surface area contributed by atoms with Gasteiger partial charge in [0.15, 0.2) is 0 Å². The van der Waals surface area contributed by atoms with Gasteiger partial charge in [-0.15, -0.1) is 0 Å². The summed E-state index contributed by atoms with van der Waals surface area (Å²) in [4.78, 5) is 10.8. The Bertz CT molecular complexity index is 184. The summed E-state index contributed by atoms with van der Waals surface area (Å²) in [7, 11) is 0. The van der Waals surface area contributed by atoms with Crippen molar-refractivity contribution in [1.29, 1.82) is 0 Å². The molecule has 0 unspecified atom stereocenters. The van der Waals surface area contributed by atoms with E-state index < -0.39 is 0 Å². The summed E-state index contributed by atoms with van der Waals surface area (Å²) in [6, 6.07) is 0.375. The normalized spacial score (nSPS) is 27.7. The molecule has 1 aliphatic carbocycles. The van der Waals surface area contributed by atoms with E-state index >= 15 is 0 Å². The molecule has 0 heterocycles. The summed E-state index contributed by atoms with van der Waals surface area (Å²) in [6.45, 7) is 5.72. The lowest BCUT2D eigenvalue weighted by Gasteiger charge is -2.29. The van der Waals surface area contributed by atoms with Crippen LogP contribution >= 0.6 is 0 Å². The second-order valence-electron chi connectivity index (χ2n) is 4.36. The van der Waals surface area contributed by atoms with E-state index in [9.17, 15) is 4.79 Å². The molecule has 0 aromatic rings. The van der Waals surface area contributed by atoms with E-state index in [2.05, 4.69) is 19.2 Å². The van der Waals surface area contributed by atoms with E-state index in [1.165, 1.54) is 0 Å². The van der Waals surface area contributed by atoms with Crippen LogP contribution in [0.25, 0.3) is 0 Å². The van der Waals surface area contributed by atoms with Crippen LogP contribution in [0.15, 0.2) is 0 Å². The van der Waals surface area contributed by atoms with E-state index in [1.807, 2.05) is 0 Å². The van der Waals surface area contributed by atoms with Gasteiger partial charge in [0.2, 0.25) is 5.91 Å². The quantitative estimate of drug-likeness (QED) is 0.753. The first-order valence-electron chi connectivity index (χ1n) is 5.50. The van der Waals surface area contributed by atoms with Gasteiger partial charge in [0.1, 0.15) is 0 Å². The second-order valence-corrected chi connectivity index (χ2v) is 4.36. The van der Waals surface area contributed by atoms with Crippen LogP contribution in [0, 0.1) is 0 Å². The molecular weight excluding hydrogens is 178 g/mol. The van der Waals surface area contributed by atoms with Gasteiger partial charge in [-0.1, -0.05) is 0 Å². The van der Waals surface area contributed by atoms with E-state index in [0.29, 0.717) is 18.2 Å². The number of hydrogen-bond donors (Lipinski definition) is 1. The molecule has 1 saturated carbocycles. The fraction of sp³-hybridized carbons (Fsp3) is 0.909. The lowest BCUT2D eigenvalue weighted by molar-refractivity contribution is -0.120. The molecule has 1 rings (SSSR count). The molecule has 1 amide bonds. The van der Waals surface area contributed by atoms with Crippen LogP contribution in [0.4, 0.5) is 0 Å². The molecule has 0 bridgehead atoms. The van der Waals surface area contributed by atoms with Gasteiger partial charge in [-0.2, -0.15) is 0 Å². The molecule has 0 aliphatic heterocycles. The molecule has 0 saturated heterocycles. The molecule has 14 heavy (non-hydrogen) atoms. The average molecular weight is 199 g/mol. The third-order valence-corrected chi connectivity index (χ3v) is 2.55. The number of hydrogen-bond acceptors (Lipinski definition) is 2. The Hall–Kier alpha value is -0.570. The maximum atomic E-state index is 10.8. The molecule has 1 N–H and O–H groups in total. The highest BCUT2D eigenvalue weighted by Crippen LogP contribution is 2.22. The number of carbonyl (C=O) groups is 1. The van der Waals surface area contributed by atoms with Crippen LogP contribution in [-0.4, -0.2) is 24.2 Å². The fourth-order valence-corrected chi connectivity index (χ4v) is 2.02. The Morgan fingerprint density at radius 2 is 1.86 bits per heavy atom. The van der Waals surface area contributed by atoms with Crippen molar-refractivity contribution >= 4 is 5.91 Å². The molecule has 0 spiro atoms. The zero-order valence-electron chi connectivity index (χ0n) is 9.38. The maximum Gasteiger partial charge on any atom is 0.217 e. The van der Waals surface area contributed by atoms with Crippen molar-refractivity contribution < 1.29 is 9.53 Å². The smallest absolute Gasteiger partial charge is 0.217 e. The van der Waals surface area contributed by atoms with Gasteiger partial charge in [-0.3, -0.25) is 4.79 Å². The van der Waals surface area contributed by atoms with Crippen LogP contribution in [-0.2, 0) is 9.53 Å². The fourth-order valence-electron chi connectivity index (χ4n) is 2.02. The molecule has 0 atom stereocenters. The summed E-state index contributed by atoms with van der Waals surface area (Å²) in [5, 5.41) is 2.96. The first kappa shape index (κ1) is 11.5. The lowest BCUT2D eigenvalue weighted by atomic mass is 9.93. The monoisotopic (exact) mass is 199 g/mol. The molecule has 0 aromatic carbocycles. The van der Waals surface area contributed by atoms with Crippen LogP contribution in [0.2, 0.25) is 0 Å². The molecular formula is C11H21NO2. The highest BCUT2D eigenvalue weighted by atomic mass is 16.5. The van der Waals surface area contributed by atoms with Gasteiger partial charge in [0.05, 0.1) is 12.2 Å².